The fraction of sp³-hybridized carbons (Fsp3) is 0.176. The molecule has 1 aliphatic heterocycles. The highest BCUT2D eigenvalue weighted by Gasteiger charge is 2.25. The van der Waals surface area contributed by atoms with Crippen molar-refractivity contribution in [2.24, 2.45) is 0 Å². The van der Waals surface area contributed by atoms with Crippen molar-refractivity contribution in [3.63, 3.8) is 0 Å². The van der Waals surface area contributed by atoms with Crippen LogP contribution in [0.3, 0.4) is 0 Å². The van der Waals surface area contributed by atoms with E-state index in [-0.39, 0.29) is 5.75 Å². The fourth-order valence-corrected chi connectivity index (χ4v) is 2.37. The molecule has 21 heavy (non-hydrogen) atoms. The third kappa shape index (κ3) is 2.40. The normalized spacial score (nSPS) is 13.4. The summed E-state index contributed by atoms with van der Waals surface area (Å²) in [7, 11) is 3.16. The van der Waals surface area contributed by atoms with Gasteiger partial charge < -0.3 is 19.3 Å². The molecule has 0 radical (unpaired) electrons. The number of benzene rings is 2. The maximum Gasteiger partial charge on any atom is 0.172 e. The Morgan fingerprint density at radius 1 is 1.05 bits per heavy atom. The van der Waals surface area contributed by atoms with E-state index in [0.717, 1.165) is 5.56 Å². The second-order valence-electron chi connectivity index (χ2n) is 4.72. The minimum atomic E-state index is 0.144. The van der Waals surface area contributed by atoms with Crippen molar-refractivity contribution in [3.8, 4) is 17.2 Å². The van der Waals surface area contributed by atoms with Crippen LogP contribution in [0.15, 0.2) is 48.2 Å². The van der Waals surface area contributed by atoms with Gasteiger partial charge in [0.25, 0.3) is 0 Å². The first kappa shape index (κ1) is 13.4. The summed E-state index contributed by atoms with van der Waals surface area (Å²) in [5.74, 6) is 2.64. The first-order chi connectivity index (χ1) is 10.2. The van der Waals surface area contributed by atoms with Gasteiger partial charge in [-0.25, -0.2) is 0 Å². The second-order valence-corrected chi connectivity index (χ2v) is 4.72. The third-order valence-electron chi connectivity index (χ3n) is 3.48. The lowest BCUT2D eigenvalue weighted by atomic mass is 10.0. The maximum atomic E-state index is 10.1. The molecule has 2 aromatic rings. The molecule has 0 aromatic heterocycles. The zero-order chi connectivity index (χ0) is 14.8. The van der Waals surface area contributed by atoms with Gasteiger partial charge in [0.15, 0.2) is 5.76 Å². The highest BCUT2D eigenvalue weighted by Crippen LogP contribution is 2.41. The molecule has 1 heterocycles. The van der Waals surface area contributed by atoms with Gasteiger partial charge in [-0.2, -0.15) is 0 Å². The predicted octanol–water partition coefficient (Wildman–Crippen LogP) is 3.35. The molecule has 4 nitrogen and oxygen atoms in total. The monoisotopic (exact) mass is 284 g/mol. The van der Waals surface area contributed by atoms with E-state index < -0.39 is 0 Å². The second kappa shape index (κ2) is 5.40. The molecule has 0 fully saturated rings. The van der Waals surface area contributed by atoms with Crippen molar-refractivity contribution in [1.29, 1.82) is 0 Å². The number of methoxy groups -OCH3 is 2. The van der Waals surface area contributed by atoms with Gasteiger partial charge in [0, 0.05) is 29.7 Å². The average molecular weight is 284 g/mol. The van der Waals surface area contributed by atoms with Crippen LogP contribution in [0, 0.1) is 0 Å². The Kier molecular flexibility index (Phi) is 3.44. The predicted molar refractivity (Wildman–Crippen MR) is 79.4 cm³/mol. The van der Waals surface area contributed by atoms with Gasteiger partial charge in [-0.1, -0.05) is 30.3 Å². The lowest BCUT2D eigenvalue weighted by molar-refractivity contribution is 0.264. The van der Waals surface area contributed by atoms with Crippen molar-refractivity contribution < 1.29 is 19.3 Å². The largest absolute Gasteiger partial charge is 0.507 e. The van der Waals surface area contributed by atoms with E-state index in [0.29, 0.717) is 35.0 Å². The Morgan fingerprint density at radius 3 is 2.48 bits per heavy atom. The summed E-state index contributed by atoms with van der Waals surface area (Å²) in [5.41, 5.74) is 1.63. The summed E-state index contributed by atoms with van der Waals surface area (Å²) in [6.45, 7) is 0. The maximum absolute atomic E-state index is 10.1. The first-order valence-corrected chi connectivity index (χ1v) is 6.63. The Labute approximate surface area is 123 Å². The van der Waals surface area contributed by atoms with E-state index in [2.05, 4.69) is 0 Å². The number of phenols is 1. The minimum absolute atomic E-state index is 0.144. The Hall–Kier alpha value is -2.62. The molecule has 4 heteroatoms. The highest BCUT2D eigenvalue weighted by atomic mass is 16.5. The smallest absolute Gasteiger partial charge is 0.172 e. The topological polar surface area (TPSA) is 47.9 Å². The molecule has 0 spiro atoms. The molecule has 0 atom stereocenters. The van der Waals surface area contributed by atoms with Gasteiger partial charge in [0.1, 0.15) is 23.0 Å². The molecule has 1 aliphatic rings. The van der Waals surface area contributed by atoms with Crippen molar-refractivity contribution in [3.05, 3.63) is 59.4 Å². The number of phenolic OH excluding ortho intramolecular Hbond substituents is 1. The summed E-state index contributed by atoms with van der Waals surface area (Å²) < 4.78 is 16.6. The van der Waals surface area contributed by atoms with E-state index in [1.807, 2.05) is 30.3 Å². The number of aromatic hydroxyl groups is 1. The summed E-state index contributed by atoms with van der Waals surface area (Å²) in [5, 5.41) is 10.1. The van der Waals surface area contributed by atoms with Crippen molar-refractivity contribution in [1.82, 2.24) is 0 Å². The van der Waals surface area contributed by atoms with Gasteiger partial charge >= 0.3 is 0 Å². The molecule has 0 saturated heterocycles. The van der Waals surface area contributed by atoms with Gasteiger partial charge in [0.05, 0.1) is 14.2 Å². The van der Waals surface area contributed by atoms with Crippen molar-refractivity contribution >= 4 is 5.76 Å². The van der Waals surface area contributed by atoms with Gasteiger partial charge in [-0.3, -0.25) is 0 Å². The molecule has 0 saturated carbocycles. The number of hydrogen-bond donors (Lipinski definition) is 1. The van der Waals surface area contributed by atoms with Crippen LogP contribution in [0.1, 0.15) is 11.1 Å². The number of rotatable bonds is 3. The Morgan fingerprint density at radius 2 is 1.81 bits per heavy atom. The van der Waals surface area contributed by atoms with Crippen LogP contribution in [0.4, 0.5) is 0 Å². The van der Waals surface area contributed by atoms with Crippen LogP contribution >= 0.6 is 0 Å². The molecule has 0 bridgehead atoms. The number of ether oxygens (including phenoxy) is 3. The van der Waals surface area contributed by atoms with Crippen LogP contribution in [0.2, 0.25) is 0 Å². The van der Waals surface area contributed by atoms with Crippen molar-refractivity contribution in [2.75, 3.05) is 14.2 Å². The average Bonchev–Trinajstić information content (AvgIpc) is 2.54. The third-order valence-corrected chi connectivity index (χ3v) is 3.48. The molecule has 0 amide bonds. The zero-order valence-electron chi connectivity index (χ0n) is 11.9. The lowest BCUT2D eigenvalue weighted by Crippen LogP contribution is -2.11. The van der Waals surface area contributed by atoms with Gasteiger partial charge in [-0.15, -0.1) is 0 Å². The summed E-state index contributed by atoms with van der Waals surface area (Å²) in [6.07, 6.45) is 0.478. The molecule has 0 unspecified atom stereocenters. The van der Waals surface area contributed by atoms with E-state index in [9.17, 15) is 5.11 Å². The molecular formula is C17H16O4. The summed E-state index contributed by atoms with van der Waals surface area (Å²) >= 11 is 0. The van der Waals surface area contributed by atoms with Crippen LogP contribution in [0.25, 0.3) is 5.76 Å². The molecule has 3 rings (SSSR count). The fourth-order valence-electron chi connectivity index (χ4n) is 2.37. The van der Waals surface area contributed by atoms with E-state index in [4.69, 9.17) is 14.2 Å². The Balaban J connectivity index is 2.08. The van der Waals surface area contributed by atoms with E-state index in [1.54, 1.807) is 26.4 Å². The van der Waals surface area contributed by atoms with Crippen LogP contribution in [-0.2, 0) is 11.2 Å². The van der Waals surface area contributed by atoms with Gasteiger partial charge in [-0.05, 0) is 0 Å². The molecule has 2 aromatic carbocycles. The minimum Gasteiger partial charge on any atom is -0.507 e. The first-order valence-electron chi connectivity index (χ1n) is 6.63. The summed E-state index contributed by atoms with van der Waals surface area (Å²) in [6, 6.07) is 13.1. The number of allylic oxidation sites excluding steroid dienone is 1. The lowest BCUT2D eigenvalue weighted by Gasteiger charge is -2.24. The van der Waals surface area contributed by atoms with Crippen LogP contribution in [-0.4, -0.2) is 19.3 Å². The van der Waals surface area contributed by atoms with E-state index in [1.165, 1.54) is 0 Å². The van der Waals surface area contributed by atoms with Gasteiger partial charge in [0.2, 0.25) is 0 Å². The number of fused-ring (bicyclic) bond motifs is 1. The van der Waals surface area contributed by atoms with E-state index >= 15 is 0 Å². The molecule has 0 aliphatic carbocycles. The zero-order valence-corrected chi connectivity index (χ0v) is 11.9. The van der Waals surface area contributed by atoms with Crippen LogP contribution in [0.5, 0.6) is 17.2 Å². The molecule has 1 N–H and O–H groups in total. The quantitative estimate of drug-likeness (QED) is 0.939. The highest BCUT2D eigenvalue weighted by molar-refractivity contribution is 5.69. The van der Waals surface area contributed by atoms with Crippen LogP contribution < -0.4 is 9.47 Å². The Bertz CT molecular complexity index is 689. The van der Waals surface area contributed by atoms with Crippen molar-refractivity contribution in [2.45, 2.75) is 6.42 Å². The standard InChI is InChI=1S/C17H16O4/c1-19-12-8-14(18)13-10-16(20-2)17(21-15(13)9-12)11-6-4-3-5-7-11/h3-9,18H,10H2,1-2H3. The SMILES string of the molecule is COC1=C(c2ccccc2)Oc2cc(OC)cc(O)c2C1. The molecule has 108 valence electrons. The summed E-state index contributed by atoms with van der Waals surface area (Å²) in [4.78, 5) is 0. The molecular weight excluding hydrogens is 268 g/mol. The number of hydrogen-bond acceptors (Lipinski definition) is 4.